The van der Waals surface area contributed by atoms with Gasteiger partial charge in [-0.15, -0.1) is 0 Å². The molecule has 1 unspecified atom stereocenters. The number of rotatable bonds is 2. The van der Waals surface area contributed by atoms with E-state index in [0.717, 1.165) is 20.1 Å². The molecule has 5 rings (SSSR count). The lowest BCUT2D eigenvalue weighted by Crippen LogP contribution is -2.26. The van der Waals surface area contributed by atoms with Crippen LogP contribution in [0.1, 0.15) is 44.7 Å². The van der Waals surface area contributed by atoms with Gasteiger partial charge in [0, 0.05) is 31.9 Å². The maximum Gasteiger partial charge on any atom is 0.417 e. The summed E-state index contributed by atoms with van der Waals surface area (Å²) in [4.78, 5) is 12.4. The number of nitrogens with zero attached hydrogens (tertiary/aromatic N) is 3. The highest BCUT2D eigenvalue weighted by Crippen LogP contribution is 2.44. The maximum atomic E-state index is 15.9. The molecule has 0 amide bonds. The Bertz CT molecular complexity index is 1350. The normalized spacial score (nSPS) is 16.9. The van der Waals surface area contributed by atoms with Crippen molar-refractivity contribution in [2.75, 3.05) is 51.0 Å². The molecule has 0 bridgehead atoms. The zero-order valence-electron chi connectivity index (χ0n) is 23.6. The highest BCUT2D eigenvalue weighted by atomic mass is 19.4. The molecular formula is C27H35F5N6O3. The zero-order chi connectivity index (χ0) is 30.3. The van der Waals surface area contributed by atoms with Crippen molar-refractivity contribution in [2.24, 2.45) is 0 Å². The lowest BCUT2D eigenvalue weighted by molar-refractivity contribution is -0.137. The average molecular weight is 587 g/mol. The van der Waals surface area contributed by atoms with Gasteiger partial charge in [-0.25, -0.2) is 13.8 Å². The molecule has 0 aliphatic carbocycles. The van der Waals surface area contributed by atoms with E-state index in [9.17, 15) is 17.6 Å². The maximum absolute atomic E-state index is 15.9. The Balaban J connectivity index is 0.000000695. The average Bonchev–Trinajstić information content (AvgIpc) is 2.92. The summed E-state index contributed by atoms with van der Waals surface area (Å²) in [6.45, 7) is 10.2. The van der Waals surface area contributed by atoms with Crippen LogP contribution in [0.2, 0.25) is 0 Å². The highest BCUT2D eigenvalue weighted by molar-refractivity contribution is 5.96. The van der Waals surface area contributed by atoms with E-state index in [-0.39, 0.29) is 28.6 Å². The van der Waals surface area contributed by atoms with Crippen LogP contribution in [0, 0.1) is 18.6 Å². The number of nitrogens with one attached hydrogen (secondary N) is 2. The van der Waals surface area contributed by atoms with Crippen LogP contribution in [0.5, 0.6) is 11.9 Å². The molecule has 41 heavy (non-hydrogen) atoms. The number of nitrogen functional groups attached to an aromatic ring is 1. The molecule has 1 aromatic carbocycles. The van der Waals surface area contributed by atoms with E-state index in [2.05, 4.69) is 25.6 Å². The summed E-state index contributed by atoms with van der Waals surface area (Å²) >= 11 is 0. The van der Waals surface area contributed by atoms with E-state index in [4.69, 9.17) is 19.9 Å². The van der Waals surface area contributed by atoms with Gasteiger partial charge in [0.15, 0.2) is 5.82 Å². The van der Waals surface area contributed by atoms with Crippen LogP contribution in [-0.2, 0) is 10.9 Å². The third kappa shape index (κ3) is 7.22. The summed E-state index contributed by atoms with van der Waals surface area (Å²) in [6, 6.07) is 0.495. The van der Waals surface area contributed by atoms with E-state index in [1.165, 1.54) is 13.5 Å². The lowest BCUT2D eigenvalue weighted by Gasteiger charge is -2.21. The van der Waals surface area contributed by atoms with Crippen molar-refractivity contribution < 1.29 is 36.2 Å². The van der Waals surface area contributed by atoms with Gasteiger partial charge in [0.1, 0.15) is 28.2 Å². The zero-order valence-corrected chi connectivity index (χ0v) is 23.6. The number of ether oxygens (including phenoxy) is 3. The number of pyridine rings is 1. The molecule has 0 spiro atoms. The number of methoxy groups -OCH3 is 1. The molecule has 226 valence electrons. The standard InChI is InChI=1S/C22H23F5N6O2.C3H6O.C2H6/c1-9-4-5-29-6-7-30-19-13-18(32-21(33-19)34-3)16(24)17(31-20(13)35-9)11-8-12(28)15(23)10(2)14(11)22(25,26)27;1-2-4-3-1;1-2/h8-9,29H,4-7,28H2,1-3H3,(H,30,32,33);1-3H2;1-2H3. The first-order valence-electron chi connectivity index (χ1n) is 13.3. The fraction of sp³-hybridized carbons (Fsp3) is 0.519. The summed E-state index contributed by atoms with van der Waals surface area (Å²) in [5, 5.41) is 6.28. The second-order valence-electron chi connectivity index (χ2n) is 9.05. The van der Waals surface area contributed by atoms with Crippen LogP contribution in [0.3, 0.4) is 0 Å². The summed E-state index contributed by atoms with van der Waals surface area (Å²) in [5.74, 6) is -2.47. The topological polar surface area (TPSA) is 116 Å². The Morgan fingerprint density at radius 3 is 2.29 bits per heavy atom. The predicted molar refractivity (Wildman–Crippen MR) is 146 cm³/mol. The summed E-state index contributed by atoms with van der Waals surface area (Å²) in [5.41, 5.74) is 1.04. The van der Waals surface area contributed by atoms with Gasteiger partial charge < -0.3 is 30.6 Å². The smallest absolute Gasteiger partial charge is 0.417 e. The Kier molecular flexibility index (Phi) is 10.8. The molecule has 9 nitrogen and oxygen atoms in total. The predicted octanol–water partition coefficient (Wildman–Crippen LogP) is 5.49. The number of halogens is 5. The molecular weight excluding hydrogens is 551 g/mol. The van der Waals surface area contributed by atoms with Gasteiger partial charge in [0.2, 0.25) is 5.88 Å². The summed E-state index contributed by atoms with van der Waals surface area (Å²) in [6.07, 6.45) is -3.64. The van der Waals surface area contributed by atoms with Gasteiger partial charge >= 0.3 is 12.2 Å². The minimum atomic E-state index is -5.02. The van der Waals surface area contributed by atoms with E-state index in [0.29, 0.717) is 32.1 Å². The van der Waals surface area contributed by atoms with E-state index < -0.39 is 52.0 Å². The first kappa shape index (κ1) is 32.0. The molecule has 3 aromatic rings. The van der Waals surface area contributed by atoms with Crippen molar-refractivity contribution in [1.29, 1.82) is 0 Å². The highest BCUT2D eigenvalue weighted by Gasteiger charge is 2.39. The molecule has 1 atom stereocenters. The quantitative estimate of drug-likeness (QED) is 0.265. The van der Waals surface area contributed by atoms with Crippen LogP contribution in [0.15, 0.2) is 6.07 Å². The Labute approximate surface area is 235 Å². The van der Waals surface area contributed by atoms with Crippen molar-refractivity contribution in [3.63, 3.8) is 0 Å². The van der Waals surface area contributed by atoms with Crippen LogP contribution in [0.25, 0.3) is 22.2 Å². The summed E-state index contributed by atoms with van der Waals surface area (Å²) in [7, 11) is 1.27. The van der Waals surface area contributed by atoms with Gasteiger partial charge in [-0.3, -0.25) is 0 Å². The second kappa shape index (κ2) is 13.9. The number of anilines is 2. The lowest BCUT2D eigenvalue weighted by atomic mass is 9.96. The number of hydrogen-bond acceptors (Lipinski definition) is 9. The van der Waals surface area contributed by atoms with Crippen LogP contribution in [0.4, 0.5) is 33.5 Å². The van der Waals surface area contributed by atoms with Gasteiger partial charge in [-0.05, 0) is 44.9 Å². The molecule has 4 N–H and O–H groups in total. The molecule has 0 saturated carbocycles. The molecule has 2 aliphatic rings. The van der Waals surface area contributed by atoms with Gasteiger partial charge in [-0.1, -0.05) is 13.8 Å². The Hall–Kier alpha value is -3.52. The fourth-order valence-corrected chi connectivity index (χ4v) is 4.07. The van der Waals surface area contributed by atoms with Crippen molar-refractivity contribution in [2.45, 2.75) is 52.8 Å². The number of aromatic nitrogens is 3. The van der Waals surface area contributed by atoms with Gasteiger partial charge in [0.05, 0.1) is 24.5 Å². The van der Waals surface area contributed by atoms with Crippen LogP contribution >= 0.6 is 0 Å². The third-order valence-electron chi connectivity index (χ3n) is 6.19. The SMILES string of the molecule is C1COC1.CC.COc1nc2c3c(nc(-c4cc(N)c(F)c(C)c4C(F)(F)F)c(F)c3n1)OC(C)CCNCCN2. The number of nitrogens with two attached hydrogens (primary N) is 1. The minimum Gasteiger partial charge on any atom is -0.474 e. The van der Waals surface area contributed by atoms with E-state index in [1.807, 2.05) is 13.8 Å². The van der Waals surface area contributed by atoms with Gasteiger partial charge in [-0.2, -0.15) is 23.1 Å². The largest absolute Gasteiger partial charge is 0.474 e. The van der Waals surface area contributed by atoms with Crippen LogP contribution in [-0.4, -0.2) is 61.0 Å². The van der Waals surface area contributed by atoms with E-state index >= 15 is 4.39 Å². The fourth-order valence-electron chi connectivity index (χ4n) is 4.07. The Morgan fingerprint density at radius 1 is 1.05 bits per heavy atom. The molecule has 2 aliphatic heterocycles. The third-order valence-corrected chi connectivity index (χ3v) is 6.19. The number of hydrogen-bond donors (Lipinski definition) is 3. The monoisotopic (exact) mass is 586 g/mol. The van der Waals surface area contributed by atoms with Gasteiger partial charge in [0.25, 0.3) is 0 Å². The van der Waals surface area contributed by atoms with E-state index in [1.54, 1.807) is 6.92 Å². The molecule has 1 fully saturated rings. The number of alkyl halides is 3. The molecule has 2 aromatic heterocycles. The summed E-state index contributed by atoms with van der Waals surface area (Å²) < 4.78 is 88.0. The number of benzene rings is 1. The molecule has 0 radical (unpaired) electrons. The first-order valence-corrected chi connectivity index (χ1v) is 13.3. The van der Waals surface area contributed by atoms with Crippen molar-refractivity contribution >= 4 is 22.4 Å². The molecule has 4 heterocycles. The Morgan fingerprint density at radius 2 is 1.71 bits per heavy atom. The second-order valence-corrected chi connectivity index (χ2v) is 9.05. The van der Waals surface area contributed by atoms with Crippen molar-refractivity contribution in [1.82, 2.24) is 20.3 Å². The minimum absolute atomic E-state index is 0.0427. The van der Waals surface area contributed by atoms with Crippen molar-refractivity contribution in [3.05, 3.63) is 28.8 Å². The van der Waals surface area contributed by atoms with Crippen molar-refractivity contribution in [3.8, 4) is 23.1 Å². The molecule has 1 saturated heterocycles. The van der Waals surface area contributed by atoms with Crippen LogP contribution < -0.4 is 25.8 Å². The first-order chi connectivity index (χ1) is 19.5. The molecule has 14 heteroatoms.